The van der Waals surface area contributed by atoms with Gasteiger partial charge in [-0.25, -0.2) is 9.48 Å². The van der Waals surface area contributed by atoms with Crippen molar-refractivity contribution in [1.82, 2.24) is 39.6 Å². The summed E-state index contributed by atoms with van der Waals surface area (Å²) in [6.07, 6.45) is 10.1. The monoisotopic (exact) mass is 965 g/mol. The van der Waals surface area contributed by atoms with Crippen LogP contribution in [-0.2, 0) is 16.1 Å². The first-order chi connectivity index (χ1) is 34.6. The first-order valence-corrected chi connectivity index (χ1v) is 26.4. The van der Waals surface area contributed by atoms with Gasteiger partial charge in [-0.3, -0.25) is 24.5 Å². The number of rotatable bonds is 11. The predicted molar refractivity (Wildman–Crippen MR) is 269 cm³/mol. The summed E-state index contributed by atoms with van der Waals surface area (Å²) in [4.78, 5) is 75.2. The van der Waals surface area contributed by atoms with Crippen LogP contribution in [0.4, 0.5) is 10.6 Å². The van der Waals surface area contributed by atoms with E-state index in [4.69, 9.17) is 15.6 Å². The summed E-state index contributed by atoms with van der Waals surface area (Å²) in [6.45, 7) is 10.9. The molecule has 16 heteroatoms. The maximum Gasteiger partial charge on any atom is 0.319 e. The van der Waals surface area contributed by atoms with Crippen LogP contribution < -0.4 is 21.1 Å². The Kier molecular flexibility index (Phi) is 13.6. The Morgan fingerprint density at radius 1 is 0.704 bits per heavy atom. The highest BCUT2D eigenvalue weighted by atomic mass is 16.5. The normalized spacial score (nSPS) is 23.3. The van der Waals surface area contributed by atoms with Gasteiger partial charge in [0, 0.05) is 69.9 Å². The van der Waals surface area contributed by atoms with E-state index in [1.54, 1.807) is 4.90 Å². The molecule has 7 aliphatic rings. The Morgan fingerprint density at radius 3 is 1.97 bits per heavy atom. The molecular formula is C55H68N10O6. The molecule has 5 fully saturated rings. The number of aromatic nitrogens is 2. The first kappa shape index (κ1) is 47.1. The number of benzene rings is 3. The second-order valence-corrected chi connectivity index (χ2v) is 21.3. The topological polar surface area (TPSA) is 179 Å². The molecule has 1 aromatic heterocycles. The van der Waals surface area contributed by atoms with Crippen LogP contribution in [0.1, 0.15) is 114 Å². The highest BCUT2D eigenvalue weighted by molar-refractivity contribution is 6.05. The number of nitrogens with two attached hydrogens (primary N) is 1. The van der Waals surface area contributed by atoms with Gasteiger partial charge >= 0.3 is 6.03 Å². The minimum absolute atomic E-state index is 0.120. The number of piperidine rings is 5. The van der Waals surface area contributed by atoms with Crippen LogP contribution in [-0.4, -0.2) is 142 Å². The van der Waals surface area contributed by atoms with Gasteiger partial charge in [0.15, 0.2) is 0 Å². The van der Waals surface area contributed by atoms with Crippen LogP contribution in [0.3, 0.4) is 0 Å². The van der Waals surface area contributed by atoms with Crippen molar-refractivity contribution in [2.75, 3.05) is 77.3 Å². The summed E-state index contributed by atoms with van der Waals surface area (Å²) in [5.74, 6) is 3.04. The molecule has 71 heavy (non-hydrogen) atoms. The molecule has 0 aliphatic carbocycles. The molecule has 374 valence electrons. The van der Waals surface area contributed by atoms with E-state index in [9.17, 15) is 24.0 Å². The van der Waals surface area contributed by atoms with Crippen LogP contribution in [0, 0.1) is 17.8 Å². The summed E-state index contributed by atoms with van der Waals surface area (Å²) >= 11 is 0. The van der Waals surface area contributed by atoms with Gasteiger partial charge in [0.05, 0.1) is 6.04 Å². The van der Waals surface area contributed by atoms with Crippen LogP contribution in [0.15, 0.2) is 72.8 Å². The molecule has 5 saturated heterocycles. The van der Waals surface area contributed by atoms with Gasteiger partial charge in [0.25, 0.3) is 11.8 Å². The molecule has 0 radical (unpaired) electrons. The van der Waals surface area contributed by atoms with Crippen molar-refractivity contribution in [2.24, 2.45) is 23.5 Å². The number of urea groups is 1. The van der Waals surface area contributed by atoms with Crippen LogP contribution >= 0.6 is 0 Å². The number of fused-ring (bicyclic) bond motifs is 2. The third-order valence-electron chi connectivity index (χ3n) is 16.9. The van der Waals surface area contributed by atoms with Crippen molar-refractivity contribution < 1.29 is 28.7 Å². The summed E-state index contributed by atoms with van der Waals surface area (Å²) in [6, 6.07) is 23.4. The Morgan fingerprint density at radius 2 is 1.34 bits per heavy atom. The smallest absolute Gasteiger partial charge is 0.319 e. The van der Waals surface area contributed by atoms with Gasteiger partial charge in [0.2, 0.25) is 11.8 Å². The molecule has 0 saturated carbocycles. The van der Waals surface area contributed by atoms with Gasteiger partial charge < -0.3 is 40.3 Å². The Balaban J connectivity index is 0.597. The second kappa shape index (κ2) is 20.5. The third-order valence-corrected chi connectivity index (χ3v) is 16.9. The summed E-state index contributed by atoms with van der Waals surface area (Å²) in [5.41, 5.74) is 10.8. The minimum atomic E-state index is -0.591. The van der Waals surface area contributed by atoms with E-state index in [0.29, 0.717) is 59.2 Å². The minimum Gasteiger partial charge on any atom is -0.457 e. The van der Waals surface area contributed by atoms with Gasteiger partial charge in [-0.05, 0) is 168 Å². The van der Waals surface area contributed by atoms with Crippen molar-refractivity contribution in [3.63, 3.8) is 0 Å². The zero-order valence-electron chi connectivity index (χ0n) is 40.8. The fourth-order valence-corrected chi connectivity index (χ4v) is 12.8. The molecule has 6 amide bonds. The number of para-hydroxylation sites is 1. The van der Waals surface area contributed by atoms with E-state index < -0.39 is 11.9 Å². The molecule has 16 nitrogen and oxygen atoms in total. The number of ether oxygens (including phenoxy) is 1. The molecule has 2 atom stereocenters. The maximum atomic E-state index is 13.8. The number of hydrogen-bond acceptors (Lipinski definition) is 10. The third kappa shape index (κ3) is 10.0. The standard InChI is InChI=1S/C55H68N10O6/c56-51(67)49-50(40-6-9-44(10-7-40)71-43-4-2-1-3-5-43)59-65-46(14-23-57-52(49)65)39-21-26-61(27-22-39)34-37-17-30-63(31-18-37)55(70)62-28-15-36(16-29-62)33-60-24-19-38(20-25-60)41-8-11-45-42(32-41)35-64(54(45)69)47-12-13-48(66)58-53(47)68/h1-11,32,36-39,46-47,57H,12-31,33-35H2,(H2,56,67)(H,58,66,68)/t46-,47?/m0/s1. The Bertz CT molecular complexity index is 2610. The SMILES string of the molecule is NC(=O)c1c(-c2ccc(Oc3ccccc3)cc2)nn2c1NCC[C@H]2C1CCN(CC2CCN(C(=O)N3CCC(CN4CCC(c5ccc6c(c5)CN(C5CCC(=O)NC5=O)C6=O)CC4)CC3)CC2)CC1. The fourth-order valence-electron chi connectivity index (χ4n) is 12.8. The maximum absolute atomic E-state index is 13.8. The lowest BCUT2D eigenvalue weighted by Gasteiger charge is -2.42. The largest absolute Gasteiger partial charge is 0.457 e. The molecule has 0 spiro atoms. The molecule has 3 aromatic carbocycles. The van der Waals surface area contributed by atoms with E-state index in [0.717, 1.165) is 152 Å². The molecule has 0 bridgehead atoms. The molecule has 7 aliphatic heterocycles. The average Bonchev–Trinajstić information content (AvgIpc) is 3.95. The number of anilines is 1. The van der Waals surface area contributed by atoms with Gasteiger partial charge in [0.1, 0.15) is 34.6 Å². The molecule has 1 unspecified atom stereocenters. The quantitative estimate of drug-likeness (QED) is 0.137. The van der Waals surface area contributed by atoms with Crippen molar-refractivity contribution in [2.45, 2.75) is 95.2 Å². The van der Waals surface area contributed by atoms with E-state index >= 15 is 0 Å². The predicted octanol–water partition coefficient (Wildman–Crippen LogP) is 6.69. The zero-order valence-corrected chi connectivity index (χ0v) is 40.8. The van der Waals surface area contributed by atoms with E-state index in [1.807, 2.05) is 60.7 Å². The van der Waals surface area contributed by atoms with Crippen LogP contribution in [0.25, 0.3) is 11.3 Å². The van der Waals surface area contributed by atoms with Gasteiger partial charge in [-0.1, -0.05) is 30.3 Å². The number of nitrogens with zero attached hydrogens (tertiary/aromatic N) is 7. The fraction of sp³-hybridized carbons (Fsp3) is 0.527. The highest BCUT2D eigenvalue weighted by Crippen LogP contribution is 2.41. The van der Waals surface area contributed by atoms with Crippen LogP contribution in [0.2, 0.25) is 0 Å². The number of imide groups is 1. The Hall–Kier alpha value is -6.26. The first-order valence-electron chi connectivity index (χ1n) is 26.4. The lowest BCUT2D eigenvalue weighted by Crippen LogP contribution is -2.52. The van der Waals surface area contributed by atoms with E-state index in [1.165, 1.54) is 5.56 Å². The van der Waals surface area contributed by atoms with E-state index in [-0.39, 0.29) is 36.2 Å². The van der Waals surface area contributed by atoms with Crippen molar-refractivity contribution in [3.05, 3.63) is 95.1 Å². The molecule has 8 heterocycles. The highest BCUT2D eigenvalue weighted by Gasteiger charge is 2.40. The number of amides is 6. The number of hydrogen-bond donors (Lipinski definition) is 3. The molecular weight excluding hydrogens is 897 g/mol. The molecule has 11 rings (SSSR count). The lowest BCUT2D eigenvalue weighted by atomic mass is 9.86. The number of primary amides is 1. The average molecular weight is 965 g/mol. The number of nitrogens with one attached hydrogen (secondary N) is 2. The number of carbonyl (C=O) groups excluding carboxylic acids is 5. The lowest BCUT2D eigenvalue weighted by molar-refractivity contribution is -0.136. The van der Waals surface area contributed by atoms with Gasteiger partial charge in [-0.15, -0.1) is 0 Å². The van der Waals surface area contributed by atoms with Gasteiger partial charge in [-0.2, -0.15) is 5.10 Å². The molecule has 4 aromatic rings. The van der Waals surface area contributed by atoms with Crippen molar-refractivity contribution in [3.8, 4) is 22.8 Å². The zero-order chi connectivity index (χ0) is 48.6. The summed E-state index contributed by atoms with van der Waals surface area (Å²) in [7, 11) is 0. The van der Waals surface area contributed by atoms with Crippen LogP contribution in [0.5, 0.6) is 11.5 Å². The van der Waals surface area contributed by atoms with Crippen molar-refractivity contribution in [1.29, 1.82) is 0 Å². The summed E-state index contributed by atoms with van der Waals surface area (Å²) < 4.78 is 8.06. The second-order valence-electron chi connectivity index (χ2n) is 21.3. The Labute approximate surface area is 416 Å². The molecule has 4 N–H and O–H groups in total. The van der Waals surface area contributed by atoms with Crippen molar-refractivity contribution >= 4 is 35.5 Å². The van der Waals surface area contributed by atoms with E-state index in [2.05, 4.69) is 47.0 Å². The summed E-state index contributed by atoms with van der Waals surface area (Å²) in [5, 5.41) is 10.9. The number of likely N-dealkylation sites (tertiary alicyclic amines) is 4. The number of carbonyl (C=O) groups is 5.